The molecule has 0 aromatic heterocycles. The summed E-state index contributed by atoms with van der Waals surface area (Å²) >= 11 is 0. The van der Waals surface area contributed by atoms with Crippen LogP contribution >= 0.6 is 0 Å². The number of hydrogen-bond acceptors (Lipinski definition) is 0. The molecule has 0 N–H and O–H groups in total. The molecule has 0 spiro atoms. The molecule has 236 valence electrons. The van der Waals surface area contributed by atoms with E-state index in [0.717, 1.165) is 19.3 Å². The van der Waals surface area contributed by atoms with Crippen molar-refractivity contribution in [1.29, 1.82) is 0 Å². The average Bonchev–Trinajstić information content (AvgIpc) is 3.47. The molecule has 5 heteroatoms. The van der Waals surface area contributed by atoms with Crippen molar-refractivity contribution >= 4 is 28.8 Å². The summed E-state index contributed by atoms with van der Waals surface area (Å²) in [5.74, 6) is 0. The monoisotopic (exact) mass is 700 g/mol. The topological polar surface area (TPSA) is 0 Å². The average molecular weight is 702 g/mol. The van der Waals surface area contributed by atoms with Crippen LogP contribution < -0.4 is 58.0 Å². The van der Waals surface area contributed by atoms with Gasteiger partial charge in [0.05, 0.1) is 0 Å². The molecule has 0 saturated heterocycles. The first-order chi connectivity index (χ1) is 19.3. The zero-order valence-electron chi connectivity index (χ0n) is 27.7. The molecule has 44 heavy (non-hydrogen) atoms. The fraction of sp³-hybridized carbons (Fsp3) is 0.410. The van der Waals surface area contributed by atoms with Crippen LogP contribution in [0.3, 0.4) is 0 Å². The fourth-order valence-electron chi connectivity index (χ4n) is 6.27. The molecule has 0 aliphatic rings. The molecule has 0 nitrogen and oxygen atoms in total. The van der Waals surface area contributed by atoms with Crippen LogP contribution in [0.25, 0.3) is 0 Å². The predicted molar refractivity (Wildman–Crippen MR) is 180 cm³/mol. The fourth-order valence-corrected chi connectivity index (χ4v) is 11.4. The Bertz CT molecular complexity index is 1190. The maximum absolute atomic E-state index is 2.56. The van der Waals surface area contributed by atoms with Gasteiger partial charge in [0.1, 0.15) is 8.07 Å². The van der Waals surface area contributed by atoms with Gasteiger partial charge in [0.25, 0.3) is 0 Å². The first kappa shape index (κ1) is 42.8. The molecule has 0 atom stereocenters. The molecule has 0 saturated carbocycles. The van der Waals surface area contributed by atoms with E-state index in [0.29, 0.717) is 0 Å². The van der Waals surface area contributed by atoms with E-state index in [9.17, 15) is 0 Å². The number of aryl methyl sites for hydroxylation is 3. The molecule has 0 amide bonds. The van der Waals surface area contributed by atoms with Crippen LogP contribution in [0, 0.1) is 0 Å². The Hall–Kier alpha value is -1.19. The number of rotatable bonds is 13. The third kappa shape index (κ3) is 9.90. The zero-order chi connectivity index (χ0) is 28.6. The summed E-state index contributed by atoms with van der Waals surface area (Å²) in [6.07, 6.45) is 10.9. The van der Waals surface area contributed by atoms with E-state index < -0.39 is 8.07 Å². The van der Waals surface area contributed by atoms with Gasteiger partial charge in [-0.3, -0.25) is 0 Å². The van der Waals surface area contributed by atoms with Crippen molar-refractivity contribution in [2.45, 2.75) is 105 Å². The first-order valence-electron chi connectivity index (χ1n) is 15.9. The van der Waals surface area contributed by atoms with E-state index >= 15 is 0 Å². The summed E-state index contributed by atoms with van der Waals surface area (Å²) < 4.78 is 0. The van der Waals surface area contributed by atoms with Crippen LogP contribution in [0.15, 0.2) is 91.0 Å². The smallest absolute Gasteiger partial charge is 1.00 e. The quantitative estimate of drug-likeness (QED) is 0.0967. The Labute approximate surface area is 303 Å². The van der Waals surface area contributed by atoms with E-state index in [2.05, 4.69) is 133 Å². The van der Waals surface area contributed by atoms with E-state index in [-0.39, 0.29) is 64.4 Å². The van der Waals surface area contributed by atoms with Crippen molar-refractivity contribution in [3.05, 3.63) is 113 Å². The summed E-state index contributed by atoms with van der Waals surface area (Å²) in [7, 11) is -2.56. The second-order valence-electron chi connectivity index (χ2n) is 12.8. The van der Waals surface area contributed by atoms with Gasteiger partial charge in [-0.1, -0.05) is 149 Å². The Morgan fingerprint density at radius 1 is 0.523 bits per heavy atom. The largest absolute Gasteiger partial charge is 4.00 e. The van der Waals surface area contributed by atoms with Gasteiger partial charge < -0.3 is 37.2 Å². The number of benzene rings is 3. The van der Waals surface area contributed by atoms with Crippen molar-refractivity contribution in [1.82, 2.24) is 0 Å². The van der Waals surface area contributed by atoms with E-state index in [1.54, 1.807) is 5.19 Å². The number of halogens is 3. The maximum Gasteiger partial charge on any atom is 4.00 e. The summed E-state index contributed by atoms with van der Waals surface area (Å²) in [6.45, 7) is 14.0. The van der Waals surface area contributed by atoms with E-state index in [4.69, 9.17) is 0 Å². The van der Waals surface area contributed by atoms with Crippen LogP contribution in [0.5, 0.6) is 0 Å². The minimum Gasteiger partial charge on any atom is -1.00 e. The third-order valence-corrected chi connectivity index (χ3v) is 13.5. The summed E-state index contributed by atoms with van der Waals surface area (Å²) in [5.41, 5.74) is 5.92. The van der Waals surface area contributed by atoms with Crippen molar-refractivity contribution in [3.8, 4) is 0 Å². The van der Waals surface area contributed by atoms with Gasteiger partial charge in [0.2, 0.25) is 0 Å². The van der Waals surface area contributed by atoms with Crippen molar-refractivity contribution in [2.75, 3.05) is 0 Å². The molecule has 4 rings (SSSR count). The van der Waals surface area contributed by atoms with Gasteiger partial charge in [-0.2, -0.15) is 11.6 Å². The molecule has 0 aliphatic heterocycles. The van der Waals surface area contributed by atoms with Crippen molar-refractivity contribution in [2.24, 2.45) is 0 Å². The standard InChI is InChI=1S/C39H51Si.3ClH.Ti/c1-7-10-14-31-19-25-34(26-20-31)40(38-18-13-17-37(38)39(4,5)6,35-27-21-32(22-28-35)15-11-8-2)36-29-23-33(24-30-36)16-12-9-3;;;;/h13,17-30H,7-12,14-16H2,1-6H3;3*1H;/q-1;;;;+4/p-3. The molecule has 0 aliphatic carbocycles. The second-order valence-corrected chi connectivity index (χ2v) is 16.5. The molecular formula is C39H51Cl3SiTi. The minimum atomic E-state index is -2.56. The predicted octanol–water partition coefficient (Wildman–Crippen LogP) is -0.882. The number of hydrogen-bond donors (Lipinski definition) is 0. The van der Waals surface area contributed by atoms with E-state index in [1.165, 1.54) is 76.3 Å². The van der Waals surface area contributed by atoms with Crippen molar-refractivity contribution in [3.63, 3.8) is 0 Å². The van der Waals surface area contributed by atoms with Gasteiger partial charge in [-0.25, -0.2) is 12.1 Å². The maximum atomic E-state index is 2.48. The van der Waals surface area contributed by atoms with Crippen LogP contribution in [-0.2, 0) is 46.4 Å². The third-order valence-electron chi connectivity index (χ3n) is 8.65. The molecule has 4 aromatic rings. The SMILES string of the molecule is CCCCc1ccc([Si](c2ccc(CCCC)cc2)(c2ccc(CCCC)cc2)[c-]2cccc2C(C)(C)C)cc1.[Cl-].[Cl-].[Cl-].[Ti+4]. The molecule has 4 aromatic carbocycles. The van der Waals surface area contributed by atoms with Crippen LogP contribution in [0.4, 0.5) is 0 Å². The van der Waals surface area contributed by atoms with Gasteiger partial charge in [0, 0.05) is 0 Å². The Balaban J connectivity index is 0.00000462. The Morgan fingerprint density at radius 3 is 1.11 bits per heavy atom. The molecule has 0 heterocycles. The van der Waals surface area contributed by atoms with Gasteiger partial charge in [-0.15, -0.1) is 5.19 Å². The Morgan fingerprint density at radius 2 is 0.841 bits per heavy atom. The van der Waals surface area contributed by atoms with Crippen LogP contribution in [0.2, 0.25) is 0 Å². The first-order valence-corrected chi connectivity index (χ1v) is 17.9. The normalized spacial score (nSPS) is 11.0. The molecule has 0 unspecified atom stereocenters. The minimum absolute atomic E-state index is 0. The van der Waals surface area contributed by atoms with Gasteiger partial charge >= 0.3 is 21.7 Å². The molecule has 0 radical (unpaired) electrons. The summed E-state index contributed by atoms with van der Waals surface area (Å²) in [5, 5.41) is 6.02. The molecule has 0 fully saturated rings. The van der Waals surface area contributed by atoms with Crippen molar-refractivity contribution < 1.29 is 58.9 Å². The summed E-state index contributed by atoms with van der Waals surface area (Å²) in [6, 6.07) is 36.5. The van der Waals surface area contributed by atoms with E-state index in [1.807, 2.05) is 0 Å². The van der Waals surface area contributed by atoms with Gasteiger partial charge in [0.15, 0.2) is 0 Å². The van der Waals surface area contributed by atoms with Crippen LogP contribution in [-0.4, -0.2) is 8.07 Å². The second kappa shape index (κ2) is 20.1. The Kier molecular flexibility index (Phi) is 19.6. The summed E-state index contributed by atoms with van der Waals surface area (Å²) in [4.78, 5) is 0. The molecule has 0 bridgehead atoms. The van der Waals surface area contributed by atoms with Crippen LogP contribution in [0.1, 0.15) is 102 Å². The molecular weight excluding hydrogens is 651 g/mol. The number of unbranched alkanes of at least 4 members (excludes halogenated alkanes) is 3. The zero-order valence-corrected chi connectivity index (χ0v) is 32.5. The van der Waals surface area contributed by atoms with Gasteiger partial charge in [-0.05, 0) is 60.6 Å².